The Balaban J connectivity index is 2.65. The molecule has 0 unspecified atom stereocenters. The van der Waals surface area contributed by atoms with E-state index in [1.165, 1.54) is 52.0 Å². The van der Waals surface area contributed by atoms with Crippen molar-refractivity contribution in [1.82, 2.24) is 0 Å². The lowest BCUT2D eigenvalue weighted by Crippen LogP contribution is -2.11. The number of hydrogen-bond donors (Lipinski definition) is 0. The molecule has 1 aliphatic rings. The Morgan fingerprint density at radius 3 is 1.51 bits per heavy atom. The fourth-order valence-corrected chi connectivity index (χ4v) is 2.64. The van der Waals surface area contributed by atoms with Crippen LogP contribution in [-0.4, -0.2) is 23.9 Å². The van der Waals surface area contributed by atoms with Gasteiger partial charge < -0.3 is 18.9 Å². The van der Waals surface area contributed by atoms with Gasteiger partial charge in [-0.1, -0.05) is 26.3 Å². The van der Waals surface area contributed by atoms with Crippen LogP contribution < -0.4 is 9.47 Å². The van der Waals surface area contributed by atoms with Crippen LogP contribution in [0.1, 0.15) is 39.7 Å². The van der Waals surface area contributed by atoms with Crippen molar-refractivity contribution < 1.29 is 38.1 Å². The minimum absolute atomic E-state index is 0.0542. The molecule has 1 aromatic carbocycles. The molecular weight excluding hydrogens is 476 g/mol. The summed E-state index contributed by atoms with van der Waals surface area (Å²) in [5, 5.41) is 0. The van der Waals surface area contributed by atoms with Gasteiger partial charge in [0.05, 0.1) is 0 Å². The molecule has 0 aromatic heterocycles. The molecule has 37 heavy (non-hydrogen) atoms. The molecule has 0 spiro atoms. The van der Waals surface area contributed by atoms with E-state index in [2.05, 4.69) is 26.3 Å². The van der Waals surface area contributed by atoms with E-state index in [1.54, 1.807) is 12.2 Å². The highest BCUT2D eigenvalue weighted by molar-refractivity contribution is 5.91. The number of carbonyl (C=O) groups is 4. The topological polar surface area (TPSA) is 105 Å². The lowest BCUT2D eigenvalue weighted by Gasteiger charge is -2.12. The number of benzene rings is 1. The first kappa shape index (κ1) is 28.5. The first-order valence-corrected chi connectivity index (χ1v) is 11.1. The molecule has 0 aliphatic heterocycles. The van der Waals surface area contributed by atoms with Gasteiger partial charge in [0.15, 0.2) is 0 Å². The monoisotopic (exact) mass is 504 g/mol. The van der Waals surface area contributed by atoms with Crippen LogP contribution in [0.4, 0.5) is 0 Å². The van der Waals surface area contributed by atoms with E-state index in [9.17, 15) is 19.2 Å². The SMILES string of the molecule is C=C(C)C(=O)OC1=CCC(OC(=O)C(=C)C)=CC(c2cc(OC(=O)C(=C)C)cc(OC(=O)C(=C)C)c2)=C1. The molecule has 0 radical (unpaired) electrons. The highest BCUT2D eigenvalue weighted by Gasteiger charge is 2.18. The molecule has 0 N–H and O–H groups in total. The van der Waals surface area contributed by atoms with E-state index >= 15 is 0 Å². The molecule has 2 rings (SSSR count). The summed E-state index contributed by atoms with van der Waals surface area (Å²) in [5.74, 6) is -2.17. The summed E-state index contributed by atoms with van der Waals surface area (Å²) >= 11 is 0. The molecule has 192 valence electrons. The number of ether oxygens (including phenoxy) is 4. The Labute approximate surface area is 215 Å². The molecule has 0 atom stereocenters. The molecule has 1 aromatic rings. The molecule has 0 saturated heterocycles. The van der Waals surface area contributed by atoms with Gasteiger partial charge in [0.2, 0.25) is 0 Å². The van der Waals surface area contributed by atoms with Crippen LogP contribution >= 0.6 is 0 Å². The van der Waals surface area contributed by atoms with Gasteiger partial charge in [-0.15, -0.1) is 0 Å². The summed E-state index contributed by atoms with van der Waals surface area (Å²) in [6, 6.07) is 4.36. The molecule has 8 heteroatoms. The quantitative estimate of drug-likeness (QED) is 0.249. The van der Waals surface area contributed by atoms with Crippen molar-refractivity contribution >= 4 is 29.5 Å². The molecule has 0 bridgehead atoms. The Kier molecular flexibility index (Phi) is 9.48. The van der Waals surface area contributed by atoms with Gasteiger partial charge in [-0.05, 0) is 69.2 Å². The molecular formula is C29H28O8. The second kappa shape index (κ2) is 12.3. The molecule has 8 nitrogen and oxygen atoms in total. The molecule has 1 aliphatic carbocycles. The molecule has 0 heterocycles. The minimum atomic E-state index is -0.688. The Morgan fingerprint density at radius 2 is 1.05 bits per heavy atom. The fourth-order valence-electron chi connectivity index (χ4n) is 2.64. The predicted molar refractivity (Wildman–Crippen MR) is 138 cm³/mol. The van der Waals surface area contributed by atoms with Gasteiger partial charge in [-0.2, -0.15) is 0 Å². The first-order valence-electron chi connectivity index (χ1n) is 11.1. The van der Waals surface area contributed by atoms with Gasteiger partial charge in [0, 0.05) is 34.8 Å². The smallest absolute Gasteiger partial charge is 0.338 e. The number of rotatable bonds is 9. The Bertz CT molecular complexity index is 1270. The lowest BCUT2D eigenvalue weighted by atomic mass is 10.0. The van der Waals surface area contributed by atoms with Crippen molar-refractivity contribution in [1.29, 1.82) is 0 Å². The van der Waals surface area contributed by atoms with Crippen LogP contribution in [0.2, 0.25) is 0 Å². The second-order valence-corrected chi connectivity index (χ2v) is 8.39. The third-order valence-corrected chi connectivity index (χ3v) is 4.58. The van der Waals surface area contributed by atoms with Crippen LogP contribution in [0.3, 0.4) is 0 Å². The Morgan fingerprint density at radius 1 is 0.622 bits per heavy atom. The first-order chi connectivity index (χ1) is 17.3. The van der Waals surface area contributed by atoms with Crippen LogP contribution in [0.5, 0.6) is 11.5 Å². The summed E-state index contributed by atoms with van der Waals surface area (Å²) < 4.78 is 21.5. The van der Waals surface area contributed by atoms with E-state index in [4.69, 9.17) is 18.9 Å². The van der Waals surface area contributed by atoms with Gasteiger partial charge in [-0.3, -0.25) is 0 Å². The van der Waals surface area contributed by atoms with Gasteiger partial charge in [0.1, 0.15) is 23.0 Å². The minimum Gasteiger partial charge on any atom is -0.427 e. The van der Waals surface area contributed by atoms with E-state index in [0.29, 0.717) is 11.1 Å². The van der Waals surface area contributed by atoms with E-state index in [-0.39, 0.29) is 51.7 Å². The van der Waals surface area contributed by atoms with Crippen molar-refractivity contribution in [2.75, 3.05) is 0 Å². The fraction of sp³-hybridized carbons (Fsp3) is 0.172. The average molecular weight is 505 g/mol. The lowest BCUT2D eigenvalue weighted by molar-refractivity contribution is -0.136. The van der Waals surface area contributed by atoms with E-state index in [1.807, 2.05) is 0 Å². The molecule has 0 fully saturated rings. The van der Waals surface area contributed by atoms with Crippen molar-refractivity contribution in [2.24, 2.45) is 0 Å². The van der Waals surface area contributed by atoms with Gasteiger partial charge >= 0.3 is 23.9 Å². The maximum atomic E-state index is 12.2. The highest BCUT2D eigenvalue weighted by Crippen LogP contribution is 2.32. The van der Waals surface area contributed by atoms with Crippen LogP contribution in [0, 0.1) is 0 Å². The van der Waals surface area contributed by atoms with E-state index < -0.39 is 23.9 Å². The average Bonchev–Trinajstić information content (AvgIpc) is 3.00. The second-order valence-electron chi connectivity index (χ2n) is 8.39. The number of carbonyl (C=O) groups excluding carboxylic acids is 4. The highest BCUT2D eigenvalue weighted by atomic mass is 16.6. The largest absolute Gasteiger partial charge is 0.427 e. The normalized spacial score (nSPS) is 12.5. The van der Waals surface area contributed by atoms with Crippen LogP contribution in [0.15, 0.2) is 96.6 Å². The summed E-state index contributed by atoms with van der Waals surface area (Å²) in [6.07, 6.45) is 4.73. The number of hydrogen-bond acceptors (Lipinski definition) is 8. The van der Waals surface area contributed by atoms with Crippen LogP contribution in [-0.2, 0) is 28.7 Å². The zero-order valence-electron chi connectivity index (χ0n) is 21.3. The number of allylic oxidation sites excluding steroid dienone is 4. The van der Waals surface area contributed by atoms with Gasteiger partial charge in [-0.25, -0.2) is 19.2 Å². The van der Waals surface area contributed by atoms with Crippen molar-refractivity contribution in [2.45, 2.75) is 34.1 Å². The molecule has 0 amide bonds. The Hall–Kier alpha value is -4.72. The maximum Gasteiger partial charge on any atom is 0.338 e. The summed E-state index contributed by atoms with van der Waals surface area (Å²) in [6.45, 7) is 20.3. The predicted octanol–water partition coefficient (Wildman–Crippen LogP) is 5.44. The summed E-state index contributed by atoms with van der Waals surface area (Å²) in [4.78, 5) is 48.6. The zero-order chi connectivity index (χ0) is 27.9. The van der Waals surface area contributed by atoms with Crippen LogP contribution in [0.25, 0.3) is 5.57 Å². The zero-order valence-corrected chi connectivity index (χ0v) is 21.3. The maximum absolute atomic E-state index is 12.2. The standard InChI is InChI=1S/C29H28O8/c1-16(2)26(30)34-22-9-10-23(35-27(31)17(3)4)12-20(11-22)21-13-24(36-28(32)18(5)6)15-25(14-21)37-29(33)19(7)8/h9,11-15H,1,3,5,7,10H2,2,4,6,8H3. The summed E-state index contributed by atoms with van der Waals surface area (Å²) in [7, 11) is 0. The van der Waals surface area contributed by atoms with E-state index in [0.717, 1.165) is 0 Å². The summed E-state index contributed by atoms with van der Waals surface area (Å²) in [5.41, 5.74) is 1.47. The van der Waals surface area contributed by atoms with Crippen molar-refractivity contribution in [3.63, 3.8) is 0 Å². The van der Waals surface area contributed by atoms with Crippen molar-refractivity contribution in [3.05, 3.63) is 102 Å². The van der Waals surface area contributed by atoms with Crippen molar-refractivity contribution in [3.8, 4) is 11.5 Å². The third kappa shape index (κ3) is 8.47. The molecule has 0 saturated carbocycles. The number of esters is 4. The third-order valence-electron chi connectivity index (χ3n) is 4.58. The van der Waals surface area contributed by atoms with Gasteiger partial charge in [0.25, 0.3) is 0 Å².